The highest BCUT2D eigenvalue weighted by Crippen LogP contribution is 2.16. The number of nitrogens with one attached hydrogen (secondary N) is 1. The topological polar surface area (TPSA) is 74.7 Å². The second-order valence-electron chi connectivity index (χ2n) is 7.64. The lowest BCUT2D eigenvalue weighted by Crippen LogP contribution is -2.52. The van der Waals surface area contributed by atoms with Crippen LogP contribution in [0, 0.1) is 6.92 Å². The Balaban J connectivity index is 1.30. The van der Waals surface area contributed by atoms with Gasteiger partial charge in [-0.05, 0) is 32.4 Å². The fraction of sp³-hybridized carbons (Fsp3) is 0.500. The van der Waals surface area contributed by atoms with Crippen molar-refractivity contribution in [3.05, 3.63) is 48.1 Å². The van der Waals surface area contributed by atoms with E-state index in [4.69, 9.17) is 9.52 Å². The number of aryl methyl sites for hydroxylation is 2. The fourth-order valence-corrected chi connectivity index (χ4v) is 3.98. The number of para-hydroxylation sites is 2. The molecule has 0 amide bonds. The summed E-state index contributed by atoms with van der Waals surface area (Å²) in [5, 5.41) is 7.48. The number of imidazole rings is 1. The molecule has 0 unspecified atom stereocenters. The van der Waals surface area contributed by atoms with E-state index >= 15 is 0 Å². The van der Waals surface area contributed by atoms with E-state index in [1.165, 1.54) is 5.52 Å². The van der Waals surface area contributed by atoms with E-state index in [2.05, 4.69) is 61.9 Å². The second-order valence-corrected chi connectivity index (χ2v) is 7.64. The molecule has 0 bridgehead atoms. The average molecular weight is 410 g/mol. The van der Waals surface area contributed by atoms with Gasteiger partial charge in [0.1, 0.15) is 12.1 Å². The van der Waals surface area contributed by atoms with Gasteiger partial charge >= 0.3 is 0 Å². The van der Waals surface area contributed by atoms with Crippen molar-refractivity contribution < 1.29 is 4.52 Å². The van der Waals surface area contributed by atoms with Gasteiger partial charge in [-0.15, -0.1) is 0 Å². The molecule has 0 aliphatic carbocycles. The minimum atomic E-state index is 0.799. The van der Waals surface area contributed by atoms with Crippen LogP contribution in [0.25, 0.3) is 11.0 Å². The maximum atomic E-state index is 4.94. The Kier molecular flexibility index (Phi) is 6.63. The molecular weight excluding hydrogens is 378 g/mol. The lowest BCUT2D eigenvalue weighted by molar-refractivity contribution is 0.169. The molecule has 0 saturated carbocycles. The van der Waals surface area contributed by atoms with Crippen molar-refractivity contribution in [2.45, 2.75) is 33.4 Å². The smallest absolute Gasteiger partial charge is 0.194 e. The molecule has 0 radical (unpaired) electrons. The van der Waals surface area contributed by atoms with Gasteiger partial charge in [0.05, 0.1) is 16.7 Å². The first kappa shape index (κ1) is 20.4. The molecule has 3 aromatic rings. The van der Waals surface area contributed by atoms with Gasteiger partial charge in [-0.2, -0.15) is 0 Å². The molecule has 1 fully saturated rings. The first-order chi connectivity index (χ1) is 14.7. The van der Waals surface area contributed by atoms with E-state index in [1.807, 2.05) is 12.1 Å². The van der Waals surface area contributed by atoms with Crippen molar-refractivity contribution in [1.82, 2.24) is 29.8 Å². The molecule has 0 spiro atoms. The number of piperazine rings is 1. The SMILES string of the molecule is CCNC(=NCCCn1c(C)nc2ccccc21)N1CCN(Cc2ccon2)CC1. The molecule has 160 valence electrons. The Bertz CT molecular complexity index is 955. The second kappa shape index (κ2) is 9.75. The summed E-state index contributed by atoms with van der Waals surface area (Å²) >= 11 is 0. The zero-order chi connectivity index (χ0) is 20.8. The fourth-order valence-electron chi connectivity index (χ4n) is 3.98. The number of rotatable bonds is 7. The molecular formula is C22H31N7O. The van der Waals surface area contributed by atoms with Crippen molar-refractivity contribution in [2.75, 3.05) is 39.3 Å². The predicted molar refractivity (Wildman–Crippen MR) is 118 cm³/mol. The molecule has 30 heavy (non-hydrogen) atoms. The highest BCUT2D eigenvalue weighted by atomic mass is 16.5. The molecule has 3 heterocycles. The van der Waals surface area contributed by atoms with Crippen LogP contribution in [-0.4, -0.2) is 69.7 Å². The van der Waals surface area contributed by atoms with Crippen molar-refractivity contribution in [2.24, 2.45) is 4.99 Å². The molecule has 1 saturated heterocycles. The van der Waals surface area contributed by atoms with E-state index in [0.29, 0.717) is 0 Å². The summed E-state index contributed by atoms with van der Waals surface area (Å²) in [5.74, 6) is 2.08. The third-order valence-corrected chi connectivity index (χ3v) is 5.53. The molecule has 1 aliphatic rings. The molecule has 4 rings (SSSR count). The maximum absolute atomic E-state index is 4.94. The predicted octanol–water partition coefficient (Wildman–Crippen LogP) is 2.51. The molecule has 1 N–H and O–H groups in total. The number of aromatic nitrogens is 3. The van der Waals surface area contributed by atoms with E-state index in [9.17, 15) is 0 Å². The number of aliphatic imine (C=N–C) groups is 1. The Morgan fingerprint density at radius 3 is 2.77 bits per heavy atom. The number of benzene rings is 1. The highest BCUT2D eigenvalue weighted by Gasteiger charge is 2.20. The first-order valence-corrected chi connectivity index (χ1v) is 10.8. The molecule has 1 aromatic carbocycles. The van der Waals surface area contributed by atoms with E-state index in [-0.39, 0.29) is 0 Å². The number of fused-ring (bicyclic) bond motifs is 1. The Morgan fingerprint density at radius 2 is 2.00 bits per heavy atom. The van der Waals surface area contributed by atoms with Crippen LogP contribution in [0.1, 0.15) is 24.9 Å². The quantitative estimate of drug-likeness (QED) is 0.367. The average Bonchev–Trinajstić information content (AvgIpc) is 3.38. The molecule has 8 heteroatoms. The van der Waals surface area contributed by atoms with Crippen molar-refractivity contribution in [3.63, 3.8) is 0 Å². The number of hydrogen-bond acceptors (Lipinski definition) is 5. The van der Waals surface area contributed by atoms with Crippen molar-refractivity contribution in [3.8, 4) is 0 Å². The van der Waals surface area contributed by atoms with Gasteiger partial charge in [-0.3, -0.25) is 9.89 Å². The Morgan fingerprint density at radius 1 is 1.17 bits per heavy atom. The maximum Gasteiger partial charge on any atom is 0.194 e. The van der Waals surface area contributed by atoms with Crippen molar-refractivity contribution in [1.29, 1.82) is 0 Å². The van der Waals surface area contributed by atoms with Gasteiger partial charge in [-0.1, -0.05) is 17.3 Å². The van der Waals surface area contributed by atoms with Crippen LogP contribution < -0.4 is 5.32 Å². The lowest BCUT2D eigenvalue weighted by Gasteiger charge is -2.36. The summed E-state index contributed by atoms with van der Waals surface area (Å²) in [6, 6.07) is 10.3. The van der Waals surface area contributed by atoms with Gasteiger partial charge in [0.25, 0.3) is 0 Å². The molecule has 8 nitrogen and oxygen atoms in total. The minimum absolute atomic E-state index is 0.799. The third-order valence-electron chi connectivity index (χ3n) is 5.53. The number of nitrogens with zero attached hydrogens (tertiary/aromatic N) is 6. The third kappa shape index (κ3) is 4.81. The Labute approximate surface area is 177 Å². The highest BCUT2D eigenvalue weighted by molar-refractivity contribution is 5.80. The number of guanidine groups is 1. The van der Waals surface area contributed by atoms with Crippen LogP contribution in [0.3, 0.4) is 0 Å². The molecule has 1 aliphatic heterocycles. The largest absolute Gasteiger partial charge is 0.364 e. The first-order valence-electron chi connectivity index (χ1n) is 10.8. The summed E-state index contributed by atoms with van der Waals surface area (Å²) in [5.41, 5.74) is 3.26. The van der Waals surface area contributed by atoms with Gasteiger partial charge in [-0.25, -0.2) is 4.98 Å². The van der Waals surface area contributed by atoms with E-state index in [0.717, 1.165) is 81.8 Å². The van der Waals surface area contributed by atoms with E-state index in [1.54, 1.807) is 6.26 Å². The summed E-state index contributed by atoms with van der Waals surface area (Å²) in [6.45, 7) is 11.6. The summed E-state index contributed by atoms with van der Waals surface area (Å²) in [7, 11) is 0. The van der Waals surface area contributed by atoms with Crippen LogP contribution in [0.2, 0.25) is 0 Å². The Hall–Kier alpha value is -2.87. The summed E-state index contributed by atoms with van der Waals surface area (Å²) in [4.78, 5) is 14.3. The number of hydrogen-bond donors (Lipinski definition) is 1. The van der Waals surface area contributed by atoms with Crippen molar-refractivity contribution >= 4 is 17.0 Å². The van der Waals surface area contributed by atoms with Crippen LogP contribution in [0.15, 0.2) is 46.1 Å². The normalized spacial score (nSPS) is 15.8. The van der Waals surface area contributed by atoms with Gasteiger partial charge in [0.15, 0.2) is 5.96 Å². The monoisotopic (exact) mass is 409 g/mol. The van der Waals surface area contributed by atoms with Gasteiger partial charge in [0.2, 0.25) is 0 Å². The summed E-state index contributed by atoms with van der Waals surface area (Å²) in [6.07, 6.45) is 2.62. The molecule has 2 aromatic heterocycles. The minimum Gasteiger partial charge on any atom is -0.364 e. The summed E-state index contributed by atoms with van der Waals surface area (Å²) < 4.78 is 7.23. The lowest BCUT2D eigenvalue weighted by atomic mass is 10.3. The van der Waals surface area contributed by atoms with Crippen LogP contribution >= 0.6 is 0 Å². The standard InChI is InChI=1S/C22H31N7O/c1-3-23-22(28-14-12-27(13-15-28)17-19-9-16-30-26-19)24-10-6-11-29-18(2)25-20-7-4-5-8-21(20)29/h4-5,7-9,16H,3,6,10-15,17H2,1-2H3,(H,23,24). The van der Waals surface area contributed by atoms with Crippen LogP contribution in [0.4, 0.5) is 0 Å². The van der Waals surface area contributed by atoms with E-state index < -0.39 is 0 Å². The molecule has 0 atom stereocenters. The zero-order valence-electron chi connectivity index (χ0n) is 17.9. The van der Waals surface area contributed by atoms with Crippen LogP contribution in [-0.2, 0) is 13.1 Å². The van der Waals surface area contributed by atoms with Gasteiger partial charge < -0.3 is 19.3 Å². The van der Waals surface area contributed by atoms with Gasteiger partial charge in [0, 0.05) is 58.4 Å². The zero-order valence-corrected chi connectivity index (χ0v) is 17.9. The van der Waals surface area contributed by atoms with Crippen LogP contribution in [0.5, 0.6) is 0 Å².